The van der Waals surface area contributed by atoms with Crippen LogP contribution in [0.25, 0.3) is 0 Å². The van der Waals surface area contributed by atoms with Gasteiger partial charge in [-0.3, -0.25) is 9.59 Å². The molecule has 7 heteroatoms. The summed E-state index contributed by atoms with van der Waals surface area (Å²) < 4.78 is 6.80. The van der Waals surface area contributed by atoms with Crippen molar-refractivity contribution < 1.29 is 9.53 Å². The van der Waals surface area contributed by atoms with Gasteiger partial charge in [0.2, 0.25) is 0 Å². The molecule has 1 saturated heterocycles. The minimum absolute atomic E-state index is 0.0120. The number of anilines is 1. The Bertz CT molecular complexity index is 816. The fourth-order valence-corrected chi connectivity index (χ4v) is 2.96. The molecule has 0 saturated carbocycles. The van der Waals surface area contributed by atoms with Crippen molar-refractivity contribution in [1.82, 2.24) is 15.1 Å². The van der Waals surface area contributed by atoms with Crippen LogP contribution in [0.2, 0.25) is 0 Å². The summed E-state index contributed by atoms with van der Waals surface area (Å²) in [4.78, 5) is 25.8. The summed E-state index contributed by atoms with van der Waals surface area (Å²) >= 11 is 0. The third kappa shape index (κ3) is 4.62. The van der Waals surface area contributed by atoms with Crippen LogP contribution < -0.4 is 20.5 Å². The molecule has 1 atom stereocenters. The van der Waals surface area contributed by atoms with Crippen molar-refractivity contribution in [2.45, 2.75) is 13.3 Å². The number of nitrogens with one attached hydrogen (secondary N) is 1. The minimum atomic E-state index is -0.126. The first-order valence-corrected chi connectivity index (χ1v) is 8.76. The Morgan fingerprint density at radius 1 is 1.35 bits per heavy atom. The predicted octanol–water partition coefficient (Wildman–Crippen LogP) is 1.11. The Labute approximate surface area is 152 Å². The van der Waals surface area contributed by atoms with E-state index >= 15 is 0 Å². The van der Waals surface area contributed by atoms with Gasteiger partial charge in [0, 0.05) is 32.7 Å². The maximum atomic E-state index is 12.0. The summed E-state index contributed by atoms with van der Waals surface area (Å²) in [7, 11) is 1.63. The zero-order valence-corrected chi connectivity index (χ0v) is 15.1. The minimum Gasteiger partial charge on any atom is -0.484 e. The van der Waals surface area contributed by atoms with Gasteiger partial charge in [-0.1, -0.05) is 17.7 Å². The van der Waals surface area contributed by atoms with Crippen LogP contribution in [-0.4, -0.2) is 41.9 Å². The van der Waals surface area contributed by atoms with E-state index in [9.17, 15) is 9.59 Å². The van der Waals surface area contributed by atoms with Crippen molar-refractivity contribution in [2.75, 3.05) is 31.1 Å². The Morgan fingerprint density at radius 2 is 2.12 bits per heavy atom. The van der Waals surface area contributed by atoms with E-state index in [0.717, 1.165) is 30.8 Å². The number of benzene rings is 1. The molecule has 1 fully saturated rings. The largest absolute Gasteiger partial charge is 0.484 e. The predicted molar refractivity (Wildman–Crippen MR) is 99.5 cm³/mol. The van der Waals surface area contributed by atoms with E-state index < -0.39 is 0 Å². The van der Waals surface area contributed by atoms with Crippen LogP contribution in [0.3, 0.4) is 0 Å². The van der Waals surface area contributed by atoms with Crippen molar-refractivity contribution in [3.8, 4) is 5.75 Å². The molecule has 1 N–H and O–H groups in total. The van der Waals surface area contributed by atoms with Gasteiger partial charge in [0.15, 0.2) is 6.61 Å². The number of nitrogens with zero attached hydrogens (tertiary/aromatic N) is 3. The molecule has 7 nitrogen and oxygen atoms in total. The van der Waals surface area contributed by atoms with Gasteiger partial charge < -0.3 is 15.0 Å². The molecule has 1 aromatic carbocycles. The first-order chi connectivity index (χ1) is 12.5. The van der Waals surface area contributed by atoms with Crippen molar-refractivity contribution in [2.24, 2.45) is 13.0 Å². The van der Waals surface area contributed by atoms with Crippen molar-refractivity contribution in [3.05, 3.63) is 52.4 Å². The molecule has 1 aliphatic heterocycles. The lowest BCUT2D eigenvalue weighted by Gasteiger charge is -2.18. The Kier molecular flexibility index (Phi) is 5.55. The monoisotopic (exact) mass is 356 g/mol. The van der Waals surface area contributed by atoms with E-state index in [1.54, 1.807) is 19.3 Å². The van der Waals surface area contributed by atoms with Gasteiger partial charge >= 0.3 is 0 Å². The third-order valence-corrected chi connectivity index (χ3v) is 4.58. The van der Waals surface area contributed by atoms with Gasteiger partial charge in [-0.15, -0.1) is 0 Å². The lowest BCUT2D eigenvalue weighted by molar-refractivity contribution is -0.123. The highest BCUT2D eigenvalue weighted by atomic mass is 16.5. The Hall–Kier alpha value is -2.83. The number of amides is 1. The van der Waals surface area contributed by atoms with Crippen LogP contribution in [0.15, 0.2) is 41.3 Å². The zero-order valence-electron chi connectivity index (χ0n) is 15.1. The third-order valence-electron chi connectivity index (χ3n) is 4.58. The molecular formula is C19H24N4O3. The number of carbonyl (C=O) groups is 1. The second kappa shape index (κ2) is 8.03. The van der Waals surface area contributed by atoms with E-state index in [1.807, 2.05) is 31.2 Å². The maximum absolute atomic E-state index is 12.0. The highest BCUT2D eigenvalue weighted by molar-refractivity contribution is 5.77. The number of aryl methyl sites for hydroxylation is 2. The van der Waals surface area contributed by atoms with E-state index in [0.29, 0.717) is 18.2 Å². The molecule has 0 bridgehead atoms. The summed E-state index contributed by atoms with van der Waals surface area (Å²) in [5.41, 5.74) is 1.87. The van der Waals surface area contributed by atoms with Gasteiger partial charge in [0.05, 0.1) is 11.9 Å². The molecule has 0 radical (unpaired) electrons. The van der Waals surface area contributed by atoms with Gasteiger partial charge in [0.25, 0.3) is 11.5 Å². The molecule has 138 valence electrons. The van der Waals surface area contributed by atoms with Crippen LogP contribution >= 0.6 is 0 Å². The fourth-order valence-electron chi connectivity index (χ4n) is 2.96. The zero-order chi connectivity index (χ0) is 18.5. The fraction of sp³-hybridized carbons (Fsp3) is 0.421. The Morgan fingerprint density at radius 3 is 2.85 bits per heavy atom. The number of hydrogen-bond donors (Lipinski definition) is 1. The summed E-state index contributed by atoms with van der Waals surface area (Å²) in [6.45, 7) is 4.27. The number of ether oxygens (including phenoxy) is 1. The second-order valence-corrected chi connectivity index (χ2v) is 6.68. The van der Waals surface area contributed by atoms with E-state index in [2.05, 4.69) is 15.3 Å². The van der Waals surface area contributed by atoms with Crippen LogP contribution in [0.5, 0.6) is 5.75 Å². The normalized spacial score (nSPS) is 16.5. The Balaban J connectivity index is 1.42. The maximum Gasteiger partial charge on any atom is 0.268 e. The molecule has 2 heterocycles. The van der Waals surface area contributed by atoms with Crippen LogP contribution in [0, 0.1) is 12.8 Å². The highest BCUT2D eigenvalue weighted by Crippen LogP contribution is 2.21. The summed E-state index contributed by atoms with van der Waals surface area (Å²) in [6, 6.07) is 9.22. The van der Waals surface area contributed by atoms with Crippen molar-refractivity contribution in [1.29, 1.82) is 0 Å². The molecule has 0 aliphatic carbocycles. The van der Waals surface area contributed by atoms with Crippen LogP contribution in [0.1, 0.15) is 12.0 Å². The summed E-state index contributed by atoms with van der Waals surface area (Å²) in [6.07, 6.45) is 2.67. The molecular weight excluding hydrogens is 332 g/mol. The van der Waals surface area contributed by atoms with Gasteiger partial charge in [0.1, 0.15) is 5.75 Å². The molecule has 1 amide bonds. The van der Waals surface area contributed by atoms with Crippen LogP contribution in [0.4, 0.5) is 5.69 Å². The summed E-state index contributed by atoms with van der Waals surface area (Å²) in [5, 5.41) is 6.98. The number of rotatable bonds is 6. The van der Waals surface area contributed by atoms with Gasteiger partial charge in [-0.25, -0.2) is 4.68 Å². The van der Waals surface area contributed by atoms with Gasteiger partial charge in [-0.05, 0) is 31.4 Å². The molecule has 3 rings (SSSR count). The molecule has 0 spiro atoms. The molecule has 1 aliphatic rings. The number of hydrogen-bond acceptors (Lipinski definition) is 5. The van der Waals surface area contributed by atoms with Gasteiger partial charge in [-0.2, -0.15) is 5.10 Å². The standard InChI is InChI=1S/C19H24N4O3/c1-14-3-5-17(6-4-14)26-13-18(24)20-10-15-7-8-23(12-15)16-9-19(25)22(2)21-11-16/h3-6,9,11,15H,7-8,10,12-13H2,1-2H3,(H,20,24)/t15-/m0/s1. The number of carbonyl (C=O) groups excluding carboxylic acids is 1. The molecule has 2 aromatic rings. The lowest BCUT2D eigenvalue weighted by atomic mass is 10.1. The first-order valence-electron chi connectivity index (χ1n) is 8.76. The topological polar surface area (TPSA) is 76.5 Å². The molecule has 26 heavy (non-hydrogen) atoms. The smallest absolute Gasteiger partial charge is 0.268 e. The highest BCUT2D eigenvalue weighted by Gasteiger charge is 2.23. The lowest BCUT2D eigenvalue weighted by Crippen LogP contribution is -2.34. The van der Waals surface area contributed by atoms with E-state index in [1.165, 1.54) is 4.68 Å². The quantitative estimate of drug-likeness (QED) is 0.839. The average Bonchev–Trinajstić information content (AvgIpc) is 3.11. The SMILES string of the molecule is Cc1ccc(OCC(=O)NC[C@@H]2CCN(c3cnn(C)c(=O)c3)C2)cc1. The molecule has 1 aromatic heterocycles. The van der Waals surface area contributed by atoms with E-state index in [4.69, 9.17) is 4.74 Å². The van der Waals surface area contributed by atoms with Crippen molar-refractivity contribution in [3.63, 3.8) is 0 Å². The molecule has 0 unspecified atom stereocenters. The summed E-state index contributed by atoms with van der Waals surface area (Å²) in [5.74, 6) is 0.914. The number of aromatic nitrogens is 2. The average molecular weight is 356 g/mol. The van der Waals surface area contributed by atoms with E-state index in [-0.39, 0.29) is 18.1 Å². The second-order valence-electron chi connectivity index (χ2n) is 6.68. The van der Waals surface area contributed by atoms with Crippen molar-refractivity contribution >= 4 is 11.6 Å². The first kappa shape index (κ1) is 18.0. The van der Waals surface area contributed by atoms with Crippen LogP contribution in [-0.2, 0) is 11.8 Å².